The van der Waals surface area contributed by atoms with Crippen molar-refractivity contribution in [3.05, 3.63) is 76.0 Å². The highest BCUT2D eigenvalue weighted by Crippen LogP contribution is 2.36. The zero-order valence-electron chi connectivity index (χ0n) is 22.5. The molecule has 1 unspecified atom stereocenters. The summed E-state index contributed by atoms with van der Waals surface area (Å²) < 4.78 is 3.99. The number of anilines is 2. The molecule has 0 saturated heterocycles. The van der Waals surface area contributed by atoms with E-state index in [1.54, 1.807) is 6.20 Å². The zero-order chi connectivity index (χ0) is 25.9. The van der Waals surface area contributed by atoms with Crippen LogP contribution in [0.4, 0.5) is 11.5 Å². The van der Waals surface area contributed by atoms with Crippen molar-refractivity contribution in [3.8, 4) is 5.69 Å². The molecule has 192 valence electrons. The van der Waals surface area contributed by atoms with E-state index in [1.807, 2.05) is 23.0 Å². The van der Waals surface area contributed by atoms with Gasteiger partial charge in [-0.15, -0.1) is 0 Å². The molecule has 2 aliphatic rings. The number of hydrogen-bond acceptors (Lipinski definition) is 5. The third-order valence-corrected chi connectivity index (χ3v) is 7.82. The van der Waals surface area contributed by atoms with Crippen molar-refractivity contribution in [2.24, 2.45) is 0 Å². The van der Waals surface area contributed by atoms with Crippen LogP contribution in [0.15, 0.2) is 53.6 Å². The molecular formula is C30H36N6O. The average Bonchev–Trinajstić information content (AvgIpc) is 3.67. The molecule has 4 aromatic rings. The van der Waals surface area contributed by atoms with Gasteiger partial charge in [-0.1, -0.05) is 26.8 Å². The summed E-state index contributed by atoms with van der Waals surface area (Å²) in [6.45, 7) is 6.48. The lowest BCUT2D eigenvalue weighted by molar-refractivity contribution is 0.268. The van der Waals surface area contributed by atoms with Crippen LogP contribution in [0.5, 0.6) is 0 Å². The van der Waals surface area contributed by atoms with Gasteiger partial charge in [-0.3, -0.25) is 9.78 Å². The van der Waals surface area contributed by atoms with Crippen LogP contribution in [0.3, 0.4) is 0 Å². The summed E-state index contributed by atoms with van der Waals surface area (Å²) in [6.07, 6.45) is 8.99. The predicted molar refractivity (Wildman–Crippen MR) is 149 cm³/mol. The summed E-state index contributed by atoms with van der Waals surface area (Å²) >= 11 is 0. The standard InChI is InChI=1S/C30H36N6O/c1-30(2,3)27-16-24(12-13-31-27)35-26-17-28(32-18-25(26)29(37)36(35)22-10-11-22)33-21-8-6-19-7-9-23(34(4)5)15-20(19)14-21/h6,8,12-14,16-18,22-23H,7,9-11,15H2,1-5H3,(H,32,33). The third kappa shape index (κ3) is 4.46. The highest BCUT2D eigenvalue weighted by Gasteiger charge is 2.30. The SMILES string of the molecule is CN(C)C1CCc2ccc(Nc3cc4c(cn3)c(=O)n(C3CC3)n4-c3ccnc(C(C)(C)C)c3)cc2C1. The van der Waals surface area contributed by atoms with Gasteiger partial charge in [-0.25, -0.2) is 14.3 Å². The van der Waals surface area contributed by atoms with Gasteiger partial charge in [0.05, 0.1) is 22.6 Å². The summed E-state index contributed by atoms with van der Waals surface area (Å²) in [4.78, 5) is 25.0. The van der Waals surface area contributed by atoms with E-state index in [9.17, 15) is 4.79 Å². The van der Waals surface area contributed by atoms with Crippen molar-refractivity contribution >= 4 is 22.4 Å². The molecule has 0 spiro atoms. The number of pyridine rings is 2. The Morgan fingerprint density at radius 3 is 2.54 bits per heavy atom. The number of rotatable bonds is 5. The Morgan fingerprint density at radius 2 is 1.81 bits per heavy atom. The van der Waals surface area contributed by atoms with Crippen LogP contribution in [0.1, 0.15) is 62.9 Å². The van der Waals surface area contributed by atoms with E-state index in [2.05, 4.69) is 84.0 Å². The Morgan fingerprint density at radius 1 is 1.00 bits per heavy atom. The molecule has 3 aromatic heterocycles. The minimum atomic E-state index is -0.0873. The molecule has 3 heterocycles. The quantitative estimate of drug-likeness (QED) is 0.402. The smallest absolute Gasteiger partial charge is 0.276 e. The number of aromatic nitrogens is 4. The number of fused-ring (bicyclic) bond motifs is 2. The van der Waals surface area contributed by atoms with Gasteiger partial charge in [0.2, 0.25) is 0 Å². The van der Waals surface area contributed by atoms with Gasteiger partial charge in [0, 0.05) is 41.3 Å². The van der Waals surface area contributed by atoms with E-state index in [0.29, 0.717) is 11.4 Å². The molecule has 1 saturated carbocycles. The number of aryl methyl sites for hydroxylation is 1. The number of nitrogens with zero attached hydrogens (tertiary/aromatic N) is 5. The molecule has 6 rings (SSSR count). The minimum Gasteiger partial charge on any atom is -0.340 e. The first-order chi connectivity index (χ1) is 17.7. The molecule has 7 heteroatoms. The second kappa shape index (κ2) is 8.84. The van der Waals surface area contributed by atoms with Crippen molar-refractivity contribution in [1.29, 1.82) is 0 Å². The molecule has 0 bridgehead atoms. The van der Waals surface area contributed by atoms with Gasteiger partial charge in [0.1, 0.15) is 5.82 Å². The number of nitrogens with one attached hydrogen (secondary N) is 1. The average molecular weight is 497 g/mol. The number of benzene rings is 1. The molecule has 0 radical (unpaired) electrons. The topological polar surface area (TPSA) is 68.0 Å². The second-order valence-electron chi connectivity index (χ2n) is 11.9. The van der Waals surface area contributed by atoms with Crippen molar-refractivity contribution in [3.63, 3.8) is 0 Å². The van der Waals surface area contributed by atoms with Gasteiger partial charge in [-0.2, -0.15) is 0 Å². The van der Waals surface area contributed by atoms with Crippen LogP contribution in [-0.4, -0.2) is 44.4 Å². The number of likely N-dealkylation sites (N-methyl/N-ethyl adjacent to an activating group) is 1. The molecule has 1 aromatic carbocycles. The third-order valence-electron chi connectivity index (χ3n) is 7.82. The summed E-state index contributed by atoms with van der Waals surface area (Å²) in [5, 5.41) is 4.16. The molecule has 1 N–H and O–H groups in total. The molecule has 0 aliphatic heterocycles. The van der Waals surface area contributed by atoms with E-state index in [4.69, 9.17) is 0 Å². The molecule has 7 nitrogen and oxygen atoms in total. The Hall–Kier alpha value is -3.45. The van der Waals surface area contributed by atoms with Crippen molar-refractivity contribution in [2.45, 2.75) is 70.4 Å². The molecule has 1 fully saturated rings. The van der Waals surface area contributed by atoms with Crippen LogP contribution in [-0.2, 0) is 18.3 Å². The van der Waals surface area contributed by atoms with Gasteiger partial charge in [0.25, 0.3) is 5.56 Å². The lowest BCUT2D eigenvalue weighted by Crippen LogP contribution is -2.33. The van der Waals surface area contributed by atoms with Crippen LogP contribution < -0.4 is 10.9 Å². The lowest BCUT2D eigenvalue weighted by Gasteiger charge is -2.30. The maximum atomic E-state index is 13.5. The summed E-state index contributed by atoms with van der Waals surface area (Å²) in [6, 6.07) is 13.6. The first kappa shape index (κ1) is 23.9. The molecule has 2 aliphatic carbocycles. The van der Waals surface area contributed by atoms with Crippen LogP contribution in [0.2, 0.25) is 0 Å². The maximum Gasteiger partial charge on any atom is 0.276 e. The zero-order valence-corrected chi connectivity index (χ0v) is 22.5. The molecule has 1 atom stereocenters. The normalized spacial score (nSPS) is 17.8. The second-order valence-corrected chi connectivity index (χ2v) is 11.9. The van der Waals surface area contributed by atoms with Crippen LogP contribution in [0, 0.1) is 0 Å². The predicted octanol–water partition coefficient (Wildman–Crippen LogP) is 5.38. The molecular weight excluding hydrogens is 460 g/mol. The lowest BCUT2D eigenvalue weighted by atomic mass is 9.87. The Kier molecular flexibility index (Phi) is 5.71. The van der Waals surface area contributed by atoms with E-state index in [-0.39, 0.29) is 17.0 Å². The maximum absolute atomic E-state index is 13.5. The Bertz CT molecular complexity index is 1540. The fourth-order valence-electron chi connectivity index (χ4n) is 5.46. The van der Waals surface area contributed by atoms with Crippen LogP contribution in [0.25, 0.3) is 16.6 Å². The van der Waals surface area contributed by atoms with E-state index in [1.165, 1.54) is 17.5 Å². The van der Waals surface area contributed by atoms with Gasteiger partial charge < -0.3 is 10.2 Å². The molecule has 37 heavy (non-hydrogen) atoms. The highest BCUT2D eigenvalue weighted by molar-refractivity contribution is 5.83. The van der Waals surface area contributed by atoms with Crippen molar-refractivity contribution in [2.75, 3.05) is 19.4 Å². The van der Waals surface area contributed by atoms with Gasteiger partial charge in [0.15, 0.2) is 0 Å². The number of hydrogen-bond donors (Lipinski definition) is 1. The van der Waals surface area contributed by atoms with E-state index >= 15 is 0 Å². The van der Waals surface area contributed by atoms with Crippen molar-refractivity contribution < 1.29 is 0 Å². The monoisotopic (exact) mass is 496 g/mol. The summed E-state index contributed by atoms with van der Waals surface area (Å²) in [5.74, 6) is 0.735. The molecule has 0 amide bonds. The minimum absolute atomic E-state index is 0.0224. The van der Waals surface area contributed by atoms with Gasteiger partial charge in [-0.05, 0) is 81.6 Å². The summed E-state index contributed by atoms with van der Waals surface area (Å²) in [5.41, 5.74) is 6.63. The van der Waals surface area contributed by atoms with Gasteiger partial charge >= 0.3 is 0 Å². The summed E-state index contributed by atoms with van der Waals surface area (Å²) in [7, 11) is 4.33. The van der Waals surface area contributed by atoms with Crippen LogP contribution >= 0.6 is 0 Å². The first-order valence-corrected chi connectivity index (χ1v) is 13.3. The fraction of sp³-hybridized carbons (Fsp3) is 0.433. The largest absolute Gasteiger partial charge is 0.340 e. The van der Waals surface area contributed by atoms with Crippen molar-refractivity contribution in [1.82, 2.24) is 24.2 Å². The first-order valence-electron chi connectivity index (χ1n) is 13.3. The highest BCUT2D eigenvalue weighted by atomic mass is 16.1. The Labute approximate surface area is 218 Å². The van der Waals surface area contributed by atoms with E-state index < -0.39 is 0 Å². The van der Waals surface area contributed by atoms with E-state index in [0.717, 1.165) is 54.1 Å². The Balaban J connectivity index is 1.41. The fourth-order valence-corrected chi connectivity index (χ4v) is 5.46.